The van der Waals surface area contributed by atoms with Gasteiger partial charge in [0, 0.05) is 13.2 Å². The highest BCUT2D eigenvalue weighted by Crippen LogP contribution is 2.37. The fourth-order valence-corrected chi connectivity index (χ4v) is 2.24. The molecule has 0 radical (unpaired) electrons. The maximum Gasteiger partial charge on any atom is 0.443 e. The van der Waals surface area contributed by atoms with Gasteiger partial charge >= 0.3 is 6.18 Å². The second-order valence-corrected chi connectivity index (χ2v) is 4.90. The number of rotatable bonds is 2. The summed E-state index contributed by atoms with van der Waals surface area (Å²) in [5, 5.41) is 1.95. The quantitative estimate of drug-likeness (QED) is 0.921. The first-order chi connectivity index (χ1) is 8.82. The second-order valence-electron chi connectivity index (χ2n) is 3.87. The molecule has 19 heavy (non-hydrogen) atoms. The lowest BCUT2D eigenvalue weighted by atomic mass is 10.3. The van der Waals surface area contributed by atoms with Gasteiger partial charge in [0.1, 0.15) is 5.69 Å². The van der Waals surface area contributed by atoms with Crippen LogP contribution in [-0.4, -0.2) is 22.0 Å². The minimum absolute atomic E-state index is 0.340. The minimum atomic E-state index is -4.43. The van der Waals surface area contributed by atoms with Gasteiger partial charge in [0.25, 0.3) is 0 Å². The monoisotopic (exact) mass is 288 g/mol. The summed E-state index contributed by atoms with van der Waals surface area (Å²) in [4.78, 5) is 12.3. The summed E-state index contributed by atoms with van der Waals surface area (Å²) in [6.45, 7) is 3.55. The fraction of sp³-hybridized carbons (Fsp3) is 0.364. The Morgan fingerprint density at radius 2 is 1.79 bits per heavy atom. The molecule has 4 nitrogen and oxygen atoms in total. The minimum Gasteiger partial charge on any atom is -0.371 e. The maximum absolute atomic E-state index is 12.5. The highest BCUT2D eigenvalue weighted by Gasteiger charge is 2.35. The first-order valence-corrected chi connectivity index (χ1v) is 6.21. The molecule has 2 aromatic heterocycles. The van der Waals surface area contributed by atoms with Crippen molar-refractivity contribution in [2.45, 2.75) is 20.0 Å². The van der Waals surface area contributed by atoms with E-state index in [1.165, 1.54) is 6.20 Å². The van der Waals surface area contributed by atoms with Gasteiger partial charge in [0.2, 0.25) is 0 Å². The van der Waals surface area contributed by atoms with Crippen molar-refractivity contribution in [3.8, 4) is 10.6 Å². The zero-order valence-corrected chi connectivity index (χ0v) is 11.3. The number of aromatic nitrogens is 3. The van der Waals surface area contributed by atoms with Crippen molar-refractivity contribution < 1.29 is 13.2 Å². The van der Waals surface area contributed by atoms with E-state index in [1.54, 1.807) is 20.9 Å². The Kier molecular flexibility index (Phi) is 3.44. The molecular weight excluding hydrogens is 277 g/mol. The Bertz CT molecular complexity index is 606. The molecule has 0 aliphatic heterocycles. The van der Waals surface area contributed by atoms with Gasteiger partial charge in [0.15, 0.2) is 10.8 Å². The standard InChI is InChI=1S/C11H11F3N4S/c1-5-6(2)18-9(15-3)8(17-5)7-4-16-10(19-7)11(12,13)14/h4H,1-3H3,(H,15,18). The van der Waals surface area contributed by atoms with Gasteiger partial charge in [-0.3, -0.25) is 0 Å². The van der Waals surface area contributed by atoms with Crippen LogP contribution in [0.15, 0.2) is 6.20 Å². The molecule has 0 fully saturated rings. The lowest BCUT2D eigenvalue weighted by Gasteiger charge is -2.08. The molecule has 0 unspecified atom stereocenters. The Morgan fingerprint density at radius 3 is 2.32 bits per heavy atom. The molecule has 8 heteroatoms. The zero-order valence-electron chi connectivity index (χ0n) is 10.5. The Morgan fingerprint density at radius 1 is 1.16 bits per heavy atom. The van der Waals surface area contributed by atoms with Crippen LogP contribution in [0.3, 0.4) is 0 Å². The van der Waals surface area contributed by atoms with E-state index in [9.17, 15) is 13.2 Å². The van der Waals surface area contributed by atoms with Gasteiger partial charge in [-0.15, -0.1) is 11.3 Å². The molecule has 0 amide bonds. The topological polar surface area (TPSA) is 50.7 Å². The molecule has 2 aromatic rings. The highest BCUT2D eigenvalue weighted by atomic mass is 32.1. The van der Waals surface area contributed by atoms with E-state index >= 15 is 0 Å². The lowest BCUT2D eigenvalue weighted by molar-refractivity contribution is -0.137. The number of hydrogen-bond acceptors (Lipinski definition) is 5. The van der Waals surface area contributed by atoms with E-state index in [2.05, 4.69) is 20.3 Å². The van der Waals surface area contributed by atoms with Crippen molar-refractivity contribution in [3.05, 3.63) is 22.6 Å². The van der Waals surface area contributed by atoms with E-state index in [4.69, 9.17) is 0 Å². The molecular formula is C11H11F3N4S. The number of nitrogens with zero attached hydrogens (tertiary/aromatic N) is 3. The third-order valence-electron chi connectivity index (χ3n) is 2.53. The first-order valence-electron chi connectivity index (χ1n) is 5.39. The van der Waals surface area contributed by atoms with Gasteiger partial charge < -0.3 is 5.32 Å². The van der Waals surface area contributed by atoms with Crippen LogP contribution in [-0.2, 0) is 6.18 Å². The van der Waals surface area contributed by atoms with E-state index in [-0.39, 0.29) is 0 Å². The number of nitrogens with one attached hydrogen (secondary N) is 1. The zero-order chi connectivity index (χ0) is 14.2. The second kappa shape index (κ2) is 4.76. The summed E-state index contributed by atoms with van der Waals surface area (Å²) in [6.07, 6.45) is -3.26. The number of halogens is 3. The Balaban J connectivity index is 2.53. The Labute approximate surface area is 111 Å². The molecule has 0 aliphatic rings. The largest absolute Gasteiger partial charge is 0.443 e. The smallest absolute Gasteiger partial charge is 0.371 e. The predicted molar refractivity (Wildman–Crippen MR) is 67.2 cm³/mol. The van der Waals surface area contributed by atoms with Gasteiger partial charge in [-0.25, -0.2) is 15.0 Å². The summed E-state index contributed by atoms with van der Waals surface area (Å²) in [5.41, 5.74) is 1.79. The molecule has 2 heterocycles. The lowest BCUT2D eigenvalue weighted by Crippen LogP contribution is -2.03. The molecule has 0 bridgehead atoms. The van der Waals surface area contributed by atoms with Gasteiger partial charge in [-0.05, 0) is 13.8 Å². The SMILES string of the molecule is CNc1nc(C)c(C)nc1-c1cnc(C(F)(F)F)s1. The summed E-state index contributed by atoms with van der Waals surface area (Å²) in [7, 11) is 1.65. The van der Waals surface area contributed by atoms with Crippen LogP contribution in [0.2, 0.25) is 0 Å². The summed E-state index contributed by atoms with van der Waals surface area (Å²) >= 11 is 0.558. The molecule has 0 aliphatic carbocycles. The molecule has 2 rings (SSSR count). The van der Waals surface area contributed by atoms with Gasteiger partial charge in [-0.2, -0.15) is 13.2 Å². The van der Waals surface area contributed by atoms with E-state index in [0.717, 1.165) is 5.69 Å². The summed E-state index contributed by atoms with van der Waals surface area (Å²) in [5.74, 6) is 0.445. The first kappa shape index (κ1) is 13.7. The Hall–Kier alpha value is -1.70. The molecule has 102 valence electrons. The average Bonchev–Trinajstić information content (AvgIpc) is 2.81. The van der Waals surface area contributed by atoms with Crippen molar-refractivity contribution in [2.75, 3.05) is 12.4 Å². The molecule has 0 saturated heterocycles. The van der Waals surface area contributed by atoms with Crippen LogP contribution < -0.4 is 5.32 Å². The van der Waals surface area contributed by atoms with Crippen molar-refractivity contribution in [1.82, 2.24) is 15.0 Å². The predicted octanol–water partition coefficient (Wildman–Crippen LogP) is 3.28. The van der Waals surface area contributed by atoms with E-state index in [0.29, 0.717) is 33.4 Å². The van der Waals surface area contributed by atoms with Crippen molar-refractivity contribution in [2.24, 2.45) is 0 Å². The molecule has 1 N–H and O–H groups in total. The van der Waals surface area contributed by atoms with E-state index in [1.807, 2.05) is 0 Å². The van der Waals surface area contributed by atoms with Crippen LogP contribution >= 0.6 is 11.3 Å². The number of alkyl halides is 3. The molecule has 0 atom stereocenters. The van der Waals surface area contributed by atoms with Gasteiger partial charge in [-0.1, -0.05) is 0 Å². The normalized spacial score (nSPS) is 11.7. The fourth-order valence-electron chi connectivity index (χ4n) is 1.46. The number of aryl methyl sites for hydroxylation is 2. The van der Waals surface area contributed by atoms with Crippen LogP contribution in [0.1, 0.15) is 16.4 Å². The average molecular weight is 288 g/mol. The number of anilines is 1. The van der Waals surface area contributed by atoms with Gasteiger partial charge in [0.05, 0.1) is 16.3 Å². The number of thiazole rings is 1. The number of hydrogen-bond donors (Lipinski definition) is 1. The summed E-state index contributed by atoms with van der Waals surface area (Å²) in [6, 6.07) is 0. The maximum atomic E-state index is 12.5. The van der Waals surface area contributed by atoms with Crippen LogP contribution in [0.5, 0.6) is 0 Å². The van der Waals surface area contributed by atoms with Crippen molar-refractivity contribution >= 4 is 17.2 Å². The van der Waals surface area contributed by atoms with Crippen LogP contribution in [0.25, 0.3) is 10.6 Å². The molecule has 0 aromatic carbocycles. The van der Waals surface area contributed by atoms with Crippen LogP contribution in [0, 0.1) is 13.8 Å². The molecule has 0 spiro atoms. The third kappa shape index (κ3) is 2.67. The van der Waals surface area contributed by atoms with Crippen molar-refractivity contribution in [1.29, 1.82) is 0 Å². The molecule has 0 saturated carbocycles. The highest BCUT2D eigenvalue weighted by molar-refractivity contribution is 7.15. The summed E-state index contributed by atoms with van der Waals surface area (Å²) < 4.78 is 37.6. The van der Waals surface area contributed by atoms with Crippen molar-refractivity contribution in [3.63, 3.8) is 0 Å². The third-order valence-corrected chi connectivity index (χ3v) is 3.57. The van der Waals surface area contributed by atoms with Crippen LogP contribution in [0.4, 0.5) is 19.0 Å². The van der Waals surface area contributed by atoms with E-state index < -0.39 is 11.2 Å².